The van der Waals surface area contributed by atoms with Crippen molar-refractivity contribution in [3.05, 3.63) is 58.9 Å². The number of carbonyl (C=O) groups excluding carboxylic acids is 1. The second-order valence-corrected chi connectivity index (χ2v) is 8.93. The molecule has 8 nitrogen and oxygen atoms in total. The van der Waals surface area contributed by atoms with E-state index in [2.05, 4.69) is 9.71 Å². The molecule has 2 aromatic carbocycles. The molecule has 2 heterocycles. The van der Waals surface area contributed by atoms with E-state index in [4.69, 9.17) is 25.5 Å². The summed E-state index contributed by atoms with van der Waals surface area (Å²) in [5, 5.41) is 0.00495. The number of benzene rings is 2. The van der Waals surface area contributed by atoms with Gasteiger partial charge in [-0.3, -0.25) is 0 Å². The van der Waals surface area contributed by atoms with Gasteiger partial charge in [-0.05, 0) is 43.2 Å². The maximum Gasteiger partial charge on any atom is 0.338 e. The fourth-order valence-electron chi connectivity index (χ4n) is 3.11. The molecule has 1 fully saturated rings. The van der Waals surface area contributed by atoms with E-state index in [9.17, 15) is 13.2 Å². The minimum Gasteiger partial charge on any atom is -0.452 e. The lowest BCUT2D eigenvalue weighted by Crippen LogP contribution is -2.32. The zero-order valence-corrected chi connectivity index (χ0v) is 17.4. The van der Waals surface area contributed by atoms with Crippen LogP contribution in [0.25, 0.3) is 11.1 Å². The van der Waals surface area contributed by atoms with Gasteiger partial charge < -0.3 is 13.9 Å². The van der Waals surface area contributed by atoms with Crippen molar-refractivity contribution in [1.82, 2.24) is 9.71 Å². The lowest BCUT2D eigenvalue weighted by Gasteiger charge is -2.13. The Morgan fingerprint density at radius 2 is 2.10 bits per heavy atom. The molecule has 0 radical (unpaired) electrons. The van der Waals surface area contributed by atoms with E-state index in [1.807, 2.05) is 12.1 Å². The van der Waals surface area contributed by atoms with Crippen molar-refractivity contribution < 1.29 is 27.1 Å². The van der Waals surface area contributed by atoms with Gasteiger partial charge in [-0.15, -0.1) is 0 Å². The van der Waals surface area contributed by atoms with Crippen molar-refractivity contribution in [2.75, 3.05) is 13.2 Å². The van der Waals surface area contributed by atoms with E-state index in [0.717, 1.165) is 12.8 Å². The summed E-state index contributed by atoms with van der Waals surface area (Å²) in [6, 6.07) is 11.1. The molecular weight excluding hydrogens is 432 g/mol. The van der Waals surface area contributed by atoms with Gasteiger partial charge in [0, 0.05) is 13.2 Å². The summed E-state index contributed by atoms with van der Waals surface area (Å²) < 4.78 is 43.9. The Balaban J connectivity index is 1.45. The molecule has 1 aliphatic heterocycles. The van der Waals surface area contributed by atoms with E-state index in [-0.39, 0.29) is 40.6 Å². The van der Waals surface area contributed by atoms with Crippen molar-refractivity contribution in [2.24, 2.45) is 0 Å². The predicted octanol–water partition coefficient (Wildman–Crippen LogP) is 3.30. The van der Waals surface area contributed by atoms with E-state index in [1.54, 1.807) is 12.1 Å². The van der Waals surface area contributed by atoms with Gasteiger partial charge in [0.2, 0.25) is 15.9 Å². The van der Waals surface area contributed by atoms with Gasteiger partial charge in [0.25, 0.3) is 0 Å². The monoisotopic (exact) mass is 450 g/mol. The maximum atomic E-state index is 12.6. The summed E-state index contributed by atoms with van der Waals surface area (Å²) in [7, 11) is -3.92. The molecule has 1 saturated heterocycles. The van der Waals surface area contributed by atoms with Crippen LogP contribution in [0.15, 0.2) is 51.8 Å². The van der Waals surface area contributed by atoms with E-state index in [0.29, 0.717) is 17.7 Å². The fourth-order valence-corrected chi connectivity index (χ4v) is 4.70. The Labute approximate surface area is 178 Å². The number of aromatic nitrogens is 1. The lowest BCUT2D eigenvalue weighted by molar-refractivity contribution is 0.0440. The van der Waals surface area contributed by atoms with Crippen LogP contribution in [0.3, 0.4) is 0 Å². The molecule has 3 aromatic rings. The minimum atomic E-state index is -3.92. The van der Waals surface area contributed by atoms with Crippen molar-refractivity contribution in [2.45, 2.75) is 30.4 Å². The fraction of sp³-hybridized carbons (Fsp3) is 0.300. The zero-order chi connectivity index (χ0) is 21.1. The van der Waals surface area contributed by atoms with E-state index in [1.165, 1.54) is 18.2 Å². The number of fused-ring (bicyclic) bond motifs is 1. The third-order valence-corrected chi connectivity index (χ3v) is 6.55. The molecule has 4 rings (SSSR count). The summed E-state index contributed by atoms with van der Waals surface area (Å²) in [5.41, 5.74) is 1.29. The number of halogens is 1. The molecule has 1 N–H and O–H groups in total. The SMILES string of the molecule is O=C(OCc1nc2ccccc2o1)c1ccc(Cl)c(S(=O)(=O)NCC2CCCO2)c1. The van der Waals surface area contributed by atoms with E-state index >= 15 is 0 Å². The molecule has 0 saturated carbocycles. The Morgan fingerprint density at radius 1 is 1.27 bits per heavy atom. The highest BCUT2D eigenvalue weighted by Gasteiger charge is 2.24. The van der Waals surface area contributed by atoms with Gasteiger partial charge in [0.1, 0.15) is 10.4 Å². The Morgan fingerprint density at radius 3 is 2.87 bits per heavy atom. The molecule has 30 heavy (non-hydrogen) atoms. The second kappa shape index (κ2) is 8.73. The van der Waals surface area contributed by atoms with Crippen LogP contribution in [-0.2, 0) is 26.1 Å². The molecule has 0 spiro atoms. The highest BCUT2D eigenvalue weighted by molar-refractivity contribution is 7.89. The number of nitrogens with one attached hydrogen (secondary N) is 1. The van der Waals surface area contributed by atoms with Crippen molar-refractivity contribution in [3.63, 3.8) is 0 Å². The third kappa shape index (κ3) is 4.65. The highest BCUT2D eigenvalue weighted by Crippen LogP contribution is 2.24. The number of hydrogen-bond donors (Lipinski definition) is 1. The first-order valence-electron chi connectivity index (χ1n) is 9.35. The molecule has 0 aliphatic carbocycles. The molecule has 1 aliphatic rings. The molecule has 1 unspecified atom stereocenters. The minimum absolute atomic E-state index is 0.00495. The van der Waals surface area contributed by atoms with Gasteiger partial charge in [-0.1, -0.05) is 23.7 Å². The Kier molecular flexibility index (Phi) is 6.05. The number of rotatable bonds is 7. The van der Waals surface area contributed by atoms with Crippen LogP contribution in [0.2, 0.25) is 5.02 Å². The van der Waals surface area contributed by atoms with E-state index < -0.39 is 16.0 Å². The van der Waals surface area contributed by atoms with Gasteiger partial charge in [0.15, 0.2) is 12.2 Å². The summed E-state index contributed by atoms with van der Waals surface area (Å²) in [6.07, 6.45) is 1.52. The standard InChI is InChI=1S/C20H19ClN2O6S/c21-15-8-7-13(10-18(15)30(25,26)22-11-14-4-3-9-27-14)20(24)28-12-19-23-16-5-1-2-6-17(16)29-19/h1-2,5-8,10,14,22H,3-4,9,11-12H2. The van der Waals surface area contributed by atoms with Crippen LogP contribution in [0.1, 0.15) is 29.1 Å². The van der Waals surface area contributed by atoms with Gasteiger partial charge in [0.05, 0.1) is 16.7 Å². The molecular formula is C20H19ClN2O6S. The third-order valence-electron chi connectivity index (χ3n) is 4.65. The summed E-state index contributed by atoms with van der Waals surface area (Å²) >= 11 is 6.07. The van der Waals surface area contributed by atoms with Crippen LogP contribution >= 0.6 is 11.6 Å². The molecule has 1 aromatic heterocycles. The largest absolute Gasteiger partial charge is 0.452 e. The zero-order valence-electron chi connectivity index (χ0n) is 15.8. The van der Waals surface area contributed by atoms with Gasteiger partial charge in [-0.25, -0.2) is 22.9 Å². The quantitative estimate of drug-likeness (QED) is 0.550. The van der Waals surface area contributed by atoms with Crippen LogP contribution in [0.5, 0.6) is 0 Å². The van der Waals surface area contributed by atoms with Crippen LogP contribution in [0.4, 0.5) is 0 Å². The number of carbonyl (C=O) groups is 1. The van der Waals surface area contributed by atoms with Crippen LogP contribution in [-0.4, -0.2) is 38.6 Å². The van der Waals surface area contributed by atoms with Crippen molar-refractivity contribution in [3.8, 4) is 0 Å². The number of hydrogen-bond acceptors (Lipinski definition) is 7. The number of ether oxygens (including phenoxy) is 2. The van der Waals surface area contributed by atoms with Crippen molar-refractivity contribution >= 4 is 38.7 Å². The number of para-hydroxylation sites is 2. The van der Waals surface area contributed by atoms with Gasteiger partial charge in [-0.2, -0.15) is 0 Å². The Hall–Kier alpha value is -2.46. The first-order chi connectivity index (χ1) is 14.4. The van der Waals surface area contributed by atoms with Crippen molar-refractivity contribution in [1.29, 1.82) is 0 Å². The number of nitrogens with zero attached hydrogens (tertiary/aromatic N) is 1. The maximum absolute atomic E-state index is 12.6. The smallest absolute Gasteiger partial charge is 0.338 e. The van der Waals surface area contributed by atoms with Gasteiger partial charge >= 0.3 is 5.97 Å². The average molecular weight is 451 g/mol. The number of sulfonamides is 1. The second-order valence-electron chi connectivity index (χ2n) is 6.78. The molecule has 1 atom stereocenters. The van der Waals surface area contributed by atoms with Crippen LogP contribution in [0, 0.1) is 0 Å². The molecule has 158 valence electrons. The normalized spacial score (nSPS) is 16.8. The average Bonchev–Trinajstić information content (AvgIpc) is 3.40. The molecule has 0 bridgehead atoms. The molecule has 10 heteroatoms. The summed E-state index contributed by atoms with van der Waals surface area (Å²) in [6.45, 7) is 0.578. The topological polar surface area (TPSA) is 108 Å². The summed E-state index contributed by atoms with van der Waals surface area (Å²) in [4.78, 5) is 16.5. The first-order valence-corrected chi connectivity index (χ1v) is 11.2. The van der Waals surface area contributed by atoms with Crippen LogP contribution < -0.4 is 4.72 Å². The molecule has 0 amide bonds. The predicted molar refractivity (Wildman–Crippen MR) is 109 cm³/mol. The number of oxazole rings is 1. The number of esters is 1. The first kappa shape index (κ1) is 20.8. The lowest BCUT2D eigenvalue weighted by atomic mass is 10.2. The summed E-state index contributed by atoms with van der Waals surface area (Å²) in [5.74, 6) is -0.478. The highest BCUT2D eigenvalue weighted by atomic mass is 35.5. The Bertz CT molecular complexity index is 1140.